The first-order chi connectivity index (χ1) is 12.1. The Balaban J connectivity index is 1.68. The van der Waals surface area contributed by atoms with Gasteiger partial charge in [0, 0.05) is 19.0 Å². The number of carbonyl (C=O) groups excluding carboxylic acids is 1. The van der Waals surface area contributed by atoms with E-state index in [9.17, 15) is 9.59 Å². The van der Waals surface area contributed by atoms with E-state index in [1.54, 1.807) is 30.0 Å². The Morgan fingerprint density at radius 2 is 2.12 bits per heavy atom. The van der Waals surface area contributed by atoms with E-state index in [2.05, 4.69) is 0 Å². The monoisotopic (exact) mass is 343 g/mol. The predicted octanol–water partition coefficient (Wildman–Crippen LogP) is 2.64. The highest BCUT2D eigenvalue weighted by molar-refractivity contribution is 5.97. The minimum Gasteiger partial charge on any atom is -0.493 e. The Bertz CT molecular complexity index is 813. The average molecular weight is 343 g/mol. The molecular weight excluding hydrogens is 322 g/mol. The fourth-order valence-corrected chi connectivity index (χ4v) is 2.94. The number of para-hydroxylation sites is 1. The fourth-order valence-electron chi connectivity index (χ4n) is 2.94. The van der Waals surface area contributed by atoms with Crippen molar-refractivity contribution in [3.63, 3.8) is 0 Å². The lowest BCUT2D eigenvalue weighted by atomic mass is 10.2. The third kappa shape index (κ3) is 4.02. The van der Waals surface area contributed by atoms with Gasteiger partial charge in [0.15, 0.2) is 0 Å². The van der Waals surface area contributed by atoms with Gasteiger partial charge < -0.3 is 18.8 Å². The number of ether oxygens (including phenoxy) is 2. The van der Waals surface area contributed by atoms with E-state index in [1.807, 2.05) is 19.1 Å². The molecule has 1 aromatic heterocycles. The normalized spacial score (nSPS) is 16.7. The van der Waals surface area contributed by atoms with E-state index >= 15 is 0 Å². The smallest absolute Gasteiger partial charge is 0.339 e. The highest BCUT2D eigenvalue weighted by Gasteiger charge is 2.29. The Morgan fingerprint density at radius 1 is 1.32 bits per heavy atom. The van der Waals surface area contributed by atoms with Crippen LogP contribution in [0.4, 0.5) is 0 Å². The maximum atomic E-state index is 12.8. The van der Waals surface area contributed by atoms with Crippen molar-refractivity contribution >= 4 is 5.91 Å². The van der Waals surface area contributed by atoms with E-state index in [4.69, 9.17) is 13.9 Å². The van der Waals surface area contributed by atoms with Gasteiger partial charge in [-0.1, -0.05) is 12.1 Å². The van der Waals surface area contributed by atoms with Gasteiger partial charge in [-0.3, -0.25) is 4.79 Å². The summed E-state index contributed by atoms with van der Waals surface area (Å²) in [6.45, 7) is 5.16. The average Bonchev–Trinajstić information content (AvgIpc) is 3.02. The zero-order chi connectivity index (χ0) is 17.8. The molecule has 1 aliphatic heterocycles. The van der Waals surface area contributed by atoms with Gasteiger partial charge in [-0.2, -0.15) is 0 Å². The van der Waals surface area contributed by atoms with Crippen LogP contribution in [-0.2, 0) is 0 Å². The molecule has 1 aromatic carbocycles. The van der Waals surface area contributed by atoms with Crippen molar-refractivity contribution in [1.82, 2.24) is 4.90 Å². The lowest BCUT2D eigenvalue weighted by molar-refractivity contribution is 0.0768. The molecular formula is C19H21NO5. The highest BCUT2D eigenvalue weighted by atomic mass is 16.5. The van der Waals surface area contributed by atoms with Crippen LogP contribution in [0.1, 0.15) is 29.5 Å². The number of rotatable bonds is 5. The molecule has 0 saturated carbocycles. The molecule has 2 heterocycles. The van der Waals surface area contributed by atoms with Crippen molar-refractivity contribution in [3.8, 4) is 11.5 Å². The second-order valence-electron chi connectivity index (χ2n) is 5.93. The summed E-state index contributed by atoms with van der Waals surface area (Å²) in [5.41, 5.74) is 0.118. The first-order valence-electron chi connectivity index (χ1n) is 8.36. The van der Waals surface area contributed by atoms with Crippen molar-refractivity contribution in [1.29, 1.82) is 0 Å². The minimum absolute atomic E-state index is 0.0705. The lowest BCUT2D eigenvalue weighted by Crippen LogP contribution is -2.31. The molecule has 25 heavy (non-hydrogen) atoms. The third-order valence-electron chi connectivity index (χ3n) is 4.02. The first kappa shape index (κ1) is 17.1. The molecule has 0 radical (unpaired) electrons. The van der Waals surface area contributed by atoms with Gasteiger partial charge in [0.05, 0.1) is 24.8 Å². The molecule has 1 aliphatic rings. The largest absolute Gasteiger partial charge is 0.493 e. The molecule has 0 bridgehead atoms. The van der Waals surface area contributed by atoms with Gasteiger partial charge in [-0.25, -0.2) is 4.79 Å². The molecule has 0 spiro atoms. The van der Waals surface area contributed by atoms with Crippen LogP contribution >= 0.6 is 0 Å². The van der Waals surface area contributed by atoms with Gasteiger partial charge in [0.2, 0.25) is 0 Å². The predicted molar refractivity (Wildman–Crippen MR) is 92.3 cm³/mol. The van der Waals surface area contributed by atoms with E-state index < -0.39 is 5.63 Å². The molecule has 6 nitrogen and oxygen atoms in total. The SMILES string of the molecule is CCOc1ccccc1C(=O)N1CC[C@@H](Oc2cc(C)oc(=O)c2)C1. The number of hydrogen-bond donors (Lipinski definition) is 0. The molecule has 1 amide bonds. The van der Waals surface area contributed by atoms with E-state index in [0.29, 0.717) is 48.9 Å². The summed E-state index contributed by atoms with van der Waals surface area (Å²) >= 11 is 0. The minimum atomic E-state index is -0.438. The molecule has 1 fully saturated rings. The van der Waals surface area contributed by atoms with Crippen molar-refractivity contribution in [2.75, 3.05) is 19.7 Å². The Labute approximate surface area is 146 Å². The number of hydrogen-bond acceptors (Lipinski definition) is 5. The second kappa shape index (κ2) is 7.42. The summed E-state index contributed by atoms with van der Waals surface area (Å²) in [6, 6.07) is 10.2. The molecule has 132 valence electrons. The van der Waals surface area contributed by atoms with Crippen LogP contribution in [0.5, 0.6) is 11.5 Å². The Hall–Kier alpha value is -2.76. The number of amides is 1. The van der Waals surface area contributed by atoms with Crippen LogP contribution in [0, 0.1) is 6.92 Å². The van der Waals surface area contributed by atoms with E-state index in [-0.39, 0.29) is 12.0 Å². The van der Waals surface area contributed by atoms with Crippen LogP contribution in [0.15, 0.2) is 45.6 Å². The van der Waals surface area contributed by atoms with Gasteiger partial charge >= 0.3 is 5.63 Å². The second-order valence-corrected chi connectivity index (χ2v) is 5.93. The van der Waals surface area contributed by atoms with Crippen LogP contribution in [0.2, 0.25) is 0 Å². The van der Waals surface area contributed by atoms with Gasteiger partial charge in [-0.05, 0) is 26.0 Å². The van der Waals surface area contributed by atoms with E-state index in [0.717, 1.165) is 0 Å². The van der Waals surface area contributed by atoms with Gasteiger partial charge in [0.1, 0.15) is 23.4 Å². The molecule has 2 aromatic rings. The zero-order valence-electron chi connectivity index (χ0n) is 14.4. The molecule has 1 saturated heterocycles. The molecule has 0 unspecified atom stereocenters. The van der Waals surface area contributed by atoms with Gasteiger partial charge in [-0.15, -0.1) is 0 Å². The molecule has 1 atom stereocenters. The van der Waals surface area contributed by atoms with Crippen molar-refractivity contribution < 1.29 is 18.7 Å². The van der Waals surface area contributed by atoms with Crippen molar-refractivity contribution in [2.45, 2.75) is 26.4 Å². The summed E-state index contributed by atoms with van der Waals surface area (Å²) in [5.74, 6) is 1.50. The van der Waals surface area contributed by atoms with Crippen LogP contribution in [0.25, 0.3) is 0 Å². The summed E-state index contributed by atoms with van der Waals surface area (Å²) in [7, 11) is 0. The van der Waals surface area contributed by atoms with Crippen LogP contribution in [0.3, 0.4) is 0 Å². The molecule has 6 heteroatoms. The lowest BCUT2D eigenvalue weighted by Gasteiger charge is -2.19. The van der Waals surface area contributed by atoms with Gasteiger partial charge in [0.25, 0.3) is 5.91 Å². The summed E-state index contributed by atoms with van der Waals surface area (Å²) in [6.07, 6.45) is 0.561. The standard InChI is InChI=1S/C19H21NO5/c1-3-23-17-7-5-4-6-16(17)19(22)20-9-8-14(12-20)25-15-10-13(2)24-18(21)11-15/h4-7,10-11,14H,3,8-9,12H2,1-2H3/t14-/m1/s1. The number of likely N-dealkylation sites (tertiary alicyclic amines) is 1. The van der Waals surface area contributed by atoms with Crippen LogP contribution in [-0.4, -0.2) is 36.6 Å². The van der Waals surface area contributed by atoms with Crippen molar-refractivity contribution in [2.24, 2.45) is 0 Å². The quantitative estimate of drug-likeness (QED) is 0.835. The zero-order valence-corrected chi connectivity index (χ0v) is 14.4. The number of nitrogens with zero attached hydrogens (tertiary/aromatic N) is 1. The number of carbonyl (C=O) groups is 1. The summed E-state index contributed by atoms with van der Waals surface area (Å²) in [4.78, 5) is 25.9. The fraction of sp³-hybridized carbons (Fsp3) is 0.368. The highest BCUT2D eigenvalue weighted by Crippen LogP contribution is 2.24. The summed E-state index contributed by atoms with van der Waals surface area (Å²) < 4.78 is 16.3. The number of aryl methyl sites for hydroxylation is 1. The molecule has 0 N–H and O–H groups in total. The Kier molecular flexibility index (Phi) is 5.07. The number of benzene rings is 1. The third-order valence-corrected chi connectivity index (χ3v) is 4.02. The topological polar surface area (TPSA) is 69.0 Å². The maximum absolute atomic E-state index is 12.8. The molecule has 3 rings (SSSR count). The molecule has 0 aliphatic carbocycles. The van der Waals surface area contributed by atoms with Crippen molar-refractivity contribution in [3.05, 3.63) is 58.1 Å². The maximum Gasteiger partial charge on any atom is 0.339 e. The van der Waals surface area contributed by atoms with Crippen LogP contribution < -0.4 is 15.1 Å². The first-order valence-corrected chi connectivity index (χ1v) is 8.36. The Morgan fingerprint density at radius 3 is 2.88 bits per heavy atom. The summed E-state index contributed by atoms with van der Waals surface area (Å²) in [5, 5.41) is 0. The van der Waals surface area contributed by atoms with E-state index in [1.165, 1.54) is 6.07 Å².